The van der Waals surface area contributed by atoms with E-state index in [-0.39, 0.29) is 24.3 Å². The topological polar surface area (TPSA) is 84.9 Å². The minimum absolute atomic E-state index is 0.153. The first-order valence-corrected chi connectivity index (χ1v) is 9.97. The van der Waals surface area contributed by atoms with Crippen molar-refractivity contribution in [1.82, 2.24) is 10.2 Å². The Balaban J connectivity index is 2.06. The second-order valence-corrected chi connectivity index (χ2v) is 6.94. The molecule has 2 amide bonds. The maximum absolute atomic E-state index is 12.9. The Morgan fingerprint density at radius 3 is 2.61 bits per heavy atom. The Bertz CT molecular complexity index is 674. The van der Waals surface area contributed by atoms with E-state index < -0.39 is 12.0 Å². The maximum atomic E-state index is 12.9. The largest absolute Gasteiger partial charge is 0.494 e. The first kappa shape index (κ1) is 21.7. The molecule has 0 saturated carbocycles. The summed E-state index contributed by atoms with van der Waals surface area (Å²) in [5.41, 5.74) is 0.456. The monoisotopic (exact) mass is 390 g/mol. The summed E-state index contributed by atoms with van der Waals surface area (Å²) in [7, 11) is 0. The average Bonchev–Trinajstić information content (AvgIpc) is 2.69. The van der Waals surface area contributed by atoms with Crippen molar-refractivity contribution in [3.63, 3.8) is 0 Å². The van der Waals surface area contributed by atoms with E-state index in [2.05, 4.69) is 12.2 Å². The van der Waals surface area contributed by atoms with Gasteiger partial charge in [0.2, 0.25) is 5.91 Å². The first-order chi connectivity index (χ1) is 13.5. The quantitative estimate of drug-likeness (QED) is 0.517. The lowest BCUT2D eigenvalue weighted by molar-refractivity contribution is -0.151. The molecule has 1 aromatic rings. The number of amides is 2. The molecule has 28 heavy (non-hydrogen) atoms. The van der Waals surface area contributed by atoms with Crippen molar-refractivity contribution in [2.45, 2.75) is 58.6 Å². The molecular weight excluding hydrogens is 360 g/mol. The predicted molar refractivity (Wildman–Crippen MR) is 105 cm³/mol. The third-order valence-electron chi connectivity index (χ3n) is 4.73. The van der Waals surface area contributed by atoms with Crippen molar-refractivity contribution in [2.75, 3.05) is 19.7 Å². The van der Waals surface area contributed by atoms with Gasteiger partial charge in [-0.05, 0) is 44.0 Å². The van der Waals surface area contributed by atoms with Crippen LogP contribution >= 0.6 is 0 Å². The molecule has 1 aliphatic rings. The zero-order chi connectivity index (χ0) is 20.5. The van der Waals surface area contributed by atoms with Crippen molar-refractivity contribution in [1.29, 1.82) is 0 Å². The minimum atomic E-state index is -0.863. The summed E-state index contributed by atoms with van der Waals surface area (Å²) in [6.45, 7) is 7.15. The van der Waals surface area contributed by atoms with E-state index in [1.165, 1.54) is 4.90 Å². The van der Waals surface area contributed by atoms with Crippen LogP contribution in [0.1, 0.15) is 56.8 Å². The van der Waals surface area contributed by atoms with Gasteiger partial charge in [0.1, 0.15) is 11.8 Å². The molecule has 154 valence electrons. The first-order valence-electron chi connectivity index (χ1n) is 9.97. The highest BCUT2D eigenvalue weighted by molar-refractivity contribution is 5.99. The van der Waals surface area contributed by atoms with Gasteiger partial charge in [0.05, 0.1) is 19.1 Å². The lowest BCUT2D eigenvalue weighted by atomic mass is 10.1. The number of nitrogens with one attached hydrogen (secondary N) is 1. The third kappa shape index (κ3) is 5.97. The fourth-order valence-corrected chi connectivity index (χ4v) is 2.87. The number of carbonyl (C=O) groups is 3. The van der Waals surface area contributed by atoms with Gasteiger partial charge in [-0.25, -0.2) is 0 Å². The van der Waals surface area contributed by atoms with Crippen LogP contribution in [-0.2, 0) is 14.3 Å². The average molecular weight is 390 g/mol. The molecule has 0 radical (unpaired) electrons. The van der Waals surface area contributed by atoms with E-state index >= 15 is 0 Å². The van der Waals surface area contributed by atoms with E-state index in [4.69, 9.17) is 9.47 Å². The number of hydrogen-bond acceptors (Lipinski definition) is 5. The molecule has 2 atom stereocenters. The van der Waals surface area contributed by atoms with E-state index in [1.54, 1.807) is 31.2 Å². The fourth-order valence-electron chi connectivity index (χ4n) is 2.87. The Morgan fingerprint density at radius 1 is 1.25 bits per heavy atom. The van der Waals surface area contributed by atoms with Crippen LogP contribution in [0.3, 0.4) is 0 Å². The number of esters is 1. The molecule has 1 fully saturated rings. The highest BCUT2D eigenvalue weighted by atomic mass is 16.5. The zero-order valence-corrected chi connectivity index (χ0v) is 16.9. The number of ether oxygens (including phenoxy) is 2. The minimum Gasteiger partial charge on any atom is -0.494 e. The van der Waals surface area contributed by atoms with Crippen molar-refractivity contribution in [3.8, 4) is 5.75 Å². The SMILES string of the molecule is CCCCOc1ccc(C(=O)N2CCNC(=O)C2CC(=O)OC(C)CC)cc1. The van der Waals surface area contributed by atoms with Crippen LogP contribution in [0.15, 0.2) is 24.3 Å². The van der Waals surface area contributed by atoms with Crippen LogP contribution in [0, 0.1) is 0 Å². The van der Waals surface area contributed by atoms with Gasteiger partial charge in [0.15, 0.2) is 0 Å². The van der Waals surface area contributed by atoms with E-state index in [0.717, 1.165) is 12.8 Å². The molecule has 1 heterocycles. The van der Waals surface area contributed by atoms with Crippen LogP contribution in [0.25, 0.3) is 0 Å². The van der Waals surface area contributed by atoms with Crippen LogP contribution in [0.2, 0.25) is 0 Å². The Morgan fingerprint density at radius 2 is 1.96 bits per heavy atom. The Labute approximate surface area is 166 Å². The van der Waals surface area contributed by atoms with Crippen LogP contribution < -0.4 is 10.1 Å². The van der Waals surface area contributed by atoms with Crippen molar-refractivity contribution >= 4 is 17.8 Å². The van der Waals surface area contributed by atoms with Crippen LogP contribution in [-0.4, -0.2) is 54.5 Å². The van der Waals surface area contributed by atoms with Gasteiger partial charge in [-0.3, -0.25) is 14.4 Å². The van der Waals surface area contributed by atoms with Gasteiger partial charge in [-0.2, -0.15) is 0 Å². The number of rotatable bonds is 9. The van der Waals surface area contributed by atoms with E-state index in [1.807, 2.05) is 6.92 Å². The summed E-state index contributed by atoms with van der Waals surface area (Å²) < 4.78 is 10.9. The summed E-state index contributed by atoms with van der Waals surface area (Å²) >= 11 is 0. The Hall–Kier alpha value is -2.57. The third-order valence-corrected chi connectivity index (χ3v) is 4.73. The van der Waals surface area contributed by atoms with Crippen molar-refractivity contribution < 1.29 is 23.9 Å². The number of piperazine rings is 1. The van der Waals surface area contributed by atoms with E-state index in [9.17, 15) is 14.4 Å². The predicted octanol–water partition coefficient (Wildman–Crippen LogP) is 2.54. The van der Waals surface area contributed by atoms with Crippen LogP contribution in [0.5, 0.6) is 5.75 Å². The summed E-state index contributed by atoms with van der Waals surface area (Å²) in [6, 6.07) is 6.01. The number of benzene rings is 1. The Kier molecular flexibility index (Phi) is 8.29. The highest BCUT2D eigenvalue weighted by Crippen LogP contribution is 2.18. The molecule has 0 aromatic heterocycles. The summed E-state index contributed by atoms with van der Waals surface area (Å²) in [5, 5.41) is 2.72. The number of carbonyl (C=O) groups excluding carboxylic acids is 3. The molecule has 0 bridgehead atoms. The number of nitrogens with zero attached hydrogens (tertiary/aromatic N) is 1. The van der Waals surface area contributed by atoms with Gasteiger partial charge in [-0.1, -0.05) is 20.3 Å². The molecule has 1 aliphatic heterocycles. The van der Waals surface area contributed by atoms with Crippen LogP contribution in [0.4, 0.5) is 0 Å². The number of unbranched alkanes of at least 4 members (excludes halogenated alkanes) is 1. The van der Waals surface area contributed by atoms with Gasteiger partial charge in [-0.15, -0.1) is 0 Å². The van der Waals surface area contributed by atoms with Gasteiger partial charge in [0.25, 0.3) is 5.91 Å². The molecule has 2 rings (SSSR count). The van der Waals surface area contributed by atoms with Gasteiger partial charge in [0, 0.05) is 18.7 Å². The van der Waals surface area contributed by atoms with E-state index in [0.29, 0.717) is 37.4 Å². The maximum Gasteiger partial charge on any atom is 0.308 e. The lowest BCUT2D eigenvalue weighted by Crippen LogP contribution is -2.57. The smallest absolute Gasteiger partial charge is 0.308 e. The molecule has 7 heteroatoms. The standard InChI is InChI=1S/C21H30N2O5/c1-4-6-13-27-17-9-7-16(8-10-17)21(26)23-12-11-22-20(25)18(23)14-19(24)28-15(3)5-2/h7-10,15,18H,4-6,11-14H2,1-3H3,(H,22,25). The van der Waals surface area contributed by atoms with Crippen molar-refractivity contribution in [3.05, 3.63) is 29.8 Å². The molecule has 1 N–H and O–H groups in total. The molecule has 0 spiro atoms. The van der Waals surface area contributed by atoms with Crippen molar-refractivity contribution in [2.24, 2.45) is 0 Å². The molecule has 1 aromatic carbocycles. The lowest BCUT2D eigenvalue weighted by Gasteiger charge is -2.34. The van der Waals surface area contributed by atoms with Gasteiger partial charge < -0.3 is 19.7 Å². The molecule has 1 saturated heterocycles. The number of hydrogen-bond donors (Lipinski definition) is 1. The zero-order valence-electron chi connectivity index (χ0n) is 16.9. The van der Waals surface area contributed by atoms with Gasteiger partial charge >= 0.3 is 5.97 Å². The molecular formula is C21H30N2O5. The second-order valence-electron chi connectivity index (χ2n) is 6.94. The summed E-state index contributed by atoms with van der Waals surface area (Å²) in [6.07, 6.45) is 2.34. The molecule has 7 nitrogen and oxygen atoms in total. The molecule has 2 unspecified atom stereocenters. The highest BCUT2D eigenvalue weighted by Gasteiger charge is 2.35. The fraction of sp³-hybridized carbons (Fsp3) is 0.571. The summed E-state index contributed by atoms with van der Waals surface area (Å²) in [4.78, 5) is 38.8. The summed E-state index contributed by atoms with van der Waals surface area (Å²) in [5.74, 6) is -0.388. The molecule has 0 aliphatic carbocycles. The normalized spacial score (nSPS) is 17.6. The second kappa shape index (κ2) is 10.7.